The van der Waals surface area contributed by atoms with Gasteiger partial charge in [-0.05, 0) is 35.4 Å². The summed E-state index contributed by atoms with van der Waals surface area (Å²) in [6.07, 6.45) is 4.89. The van der Waals surface area contributed by atoms with Crippen LogP contribution in [0.2, 0.25) is 0 Å². The average molecular weight is 313 g/mol. The minimum absolute atomic E-state index is 0.0769. The Morgan fingerprint density at radius 2 is 2.09 bits per heavy atom. The van der Waals surface area contributed by atoms with Gasteiger partial charge in [-0.2, -0.15) is 0 Å². The Bertz CT molecular complexity index is 656. The third kappa shape index (κ3) is 3.61. The van der Waals surface area contributed by atoms with Crippen molar-refractivity contribution in [1.82, 2.24) is 20.2 Å². The van der Waals surface area contributed by atoms with E-state index >= 15 is 0 Å². The van der Waals surface area contributed by atoms with Crippen LogP contribution in [-0.4, -0.2) is 37.9 Å². The van der Waals surface area contributed by atoms with Gasteiger partial charge in [0, 0.05) is 18.5 Å². The van der Waals surface area contributed by atoms with E-state index in [2.05, 4.69) is 15.5 Å². The minimum Gasteiger partial charge on any atom is -0.302 e. The van der Waals surface area contributed by atoms with Gasteiger partial charge >= 0.3 is 0 Å². The fraction of sp³-hybridized carbons (Fsp3) is 0.438. The second kappa shape index (κ2) is 7.13. The second-order valence-electron chi connectivity index (χ2n) is 5.65. The Morgan fingerprint density at radius 3 is 2.78 bits per heavy atom. The number of tetrazole rings is 1. The average Bonchev–Trinajstić information content (AvgIpc) is 3.09. The van der Waals surface area contributed by atoms with Gasteiger partial charge in [-0.15, -0.1) is 5.10 Å². The summed E-state index contributed by atoms with van der Waals surface area (Å²) in [7, 11) is 0. The van der Waals surface area contributed by atoms with Crippen molar-refractivity contribution in [2.75, 3.05) is 4.90 Å². The first-order chi connectivity index (χ1) is 11.3. The molecule has 1 aromatic carbocycles. The molecule has 120 valence electrons. The largest absolute Gasteiger partial charge is 0.302 e. The van der Waals surface area contributed by atoms with Gasteiger partial charge < -0.3 is 4.90 Å². The van der Waals surface area contributed by atoms with E-state index in [9.17, 15) is 9.59 Å². The third-order valence-electron chi connectivity index (χ3n) is 4.08. The minimum atomic E-state index is -0.354. The molecule has 23 heavy (non-hydrogen) atoms. The molecule has 1 amide bonds. The van der Waals surface area contributed by atoms with Crippen LogP contribution in [0.5, 0.6) is 0 Å². The molecule has 3 rings (SSSR count). The maximum atomic E-state index is 12.8. The highest BCUT2D eigenvalue weighted by Gasteiger charge is 2.32. The van der Waals surface area contributed by atoms with Crippen LogP contribution in [0.4, 0.5) is 5.69 Å². The molecule has 1 aromatic heterocycles. The fourth-order valence-electron chi connectivity index (χ4n) is 2.94. The van der Waals surface area contributed by atoms with Crippen molar-refractivity contribution in [3.05, 3.63) is 36.7 Å². The molecule has 7 heteroatoms. The molecule has 0 radical (unpaired) electrons. The van der Waals surface area contributed by atoms with Crippen LogP contribution in [0.15, 0.2) is 36.7 Å². The van der Waals surface area contributed by atoms with E-state index in [1.54, 1.807) is 4.90 Å². The van der Waals surface area contributed by atoms with Crippen molar-refractivity contribution in [2.45, 2.75) is 44.7 Å². The summed E-state index contributed by atoms with van der Waals surface area (Å²) in [6, 6.07) is 9.05. The highest BCUT2D eigenvalue weighted by atomic mass is 16.2. The highest BCUT2D eigenvalue weighted by Crippen LogP contribution is 2.26. The molecule has 0 aliphatic heterocycles. The monoisotopic (exact) mass is 313 g/mol. The Morgan fingerprint density at radius 1 is 1.26 bits per heavy atom. The topological polar surface area (TPSA) is 81.0 Å². The van der Waals surface area contributed by atoms with Crippen LogP contribution in [-0.2, 0) is 16.1 Å². The zero-order valence-corrected chi connectivity index (χ0v) is 12.8. The number of aryl methyl sites for hydroxylation is 1. The molecular formula is C16H19N5O2. The first-order valence-corrected chi connectivity index (χ1v) is 7.86. The van der Waals surface area contributed by atoms with Gasteiger partial charge in [0.15, 0.2) is 5.78 Å². The molecule has 1 aliphatic carbocycles. The Labute approximate surface area is 134 Å². The Kier molecular flexibility index (Phi) is 4.75. The number of anilines is 1. The molecule has 1 fully saturated rings. The van der Waals surface area contributed by atoms with Crippen molar-refractivity contribution in [3.8, 4) is 0 Å². The molecule has 2 aromatic rings. The summed E-state index contributed by atoms with van der Waals surface area (Å²) < 4.78 is 1.52. The maximum absolute atomic E-state index is 12.8. The molecule has 1 saturated carbocycles. The zero-order valence-electron chi connectivity index (χ0n) is 12.8. The molecule has 0 N–H and O–H groups in total. The van der Waals surface area contributed by atoms with E-state index in [-0.39, 0.29) is 24.2 Å². The number of hydrogen-bond acceptors (Lipinski definition) is 5. The van der Waals surface area contributed by atoms with Crippen LogP contribution in [0, 0.1) is 0 Å². The van der Waals surface area contributed by atoms with Crippen LogP contribution in [0.3, 0.4) is 0 Å². The lowest BCUT2D eigenvalue weighted by atomic mass is 9.92. The van der Waals surface area contributed by atoms with E-state index in [1.807, 2.05) is 30.3 Å². The van der Waals surface area contributed by atoms with Gasteiger partial charge in [-0.25, -0.2) is 4.68 Å². The molecule has 0 saturated heterocycles. The number of rotatable bonds is 5. The first-order valence-electron chi connectivity index (χ1n) is 7.86. The summed E-state index contributed by atoms with van der Waals surface area (Å²) >= 11 is 0. The number of carbonyl (C=O) groups excluding carboxylic acids is 2. The van der Waals surface area contributed by atoms with Crippen LogP contribution >= 0.6 is 0 Å². The summed E-state index contributed by atoms with van der Waals surface area (Å²) in [5, 5.41) is 10.9. The quantitative estimate of drug-likeness (QED) is 0.837. The number of hydrogen-bond donors (Lipinski definition) is 0. The fourth-order valence-corrected chi connectivity index (χ4v) is 2.94. The predicted molar refractivity (Wildman–Crippen MR) is 83.6 cm³/mol. The van der Waals surface area contributed by atoms with Crippen LogP contribution < -0.4 is 4.90 Å². The Balaban J connectivity index is 1.79. The van der Waals surface area contributed by atoms with Crippen molar-refractivity contribution in [3.63, 3.8) is 0 Å². The van der Waals surface area contributed by atoms with Crippen LogP contribution in [0.1, 0.15) is 32.1 Å². The number of benzene rings is 1. The number of amides is 1. The predicted octanol–water partition coefficient (Wildman–Crippen LogP) is 1.61. The lowest BCUT2D eigenvalue weighted by Gasteiger charge is -2.33. The van der Waals surface area contributed by atoms with Gasteiger partial charge in [0.25, 0.3) is 0 Å². The van der Waals surface area contributed by atoms with E-state index in [4.69, 9.17) is 0 Å². The lowest BCUT2D eigenvalue weighted by Crippen LogP contribution is -2.47. The molecule has 1 heterocycles. The third-order valence-corrected chi connectivity index (χ3v) is 4.08. The molecule has 1 atom stereocenters. The standard InChI is InChI=1S/C16H19N5O2/c22-15-9-5-4-8-14(15)21(13-6-2-1-3-7-13)16(23)10-11-20-12-17-18-19-20/h1-3,6-7,12,14H,4-5,8-11H2/t14-/m0/s1. The van der Waals surface area contributed by atoms with Gasteiger partial charge in [0.05, 0.1) is 12.6 Å². The van der Waals surface area contributed by atoms with Crippen molar-refractivity contribution in [2.24, 2.45) is 0 Å². The smallest absolute Gasteiger partial charge is 0.229 e. The number of carbonyl (C=O) groups is 2. The normalized spacial score (nSPS) is 17.9. The molecule has 0 unspecified atom stereocenters. The molecule has 1 aliphatic rings. The molecule has 0 spiro atoms. The first kappa shape index (κ1) is 15.3. The van der Waals surface area contributed by atoms with Gasteiger partial charge in [-0.1, -0.05) is 24.6 Å². The summed E-state index contributed by atoms with van der Waals surface area (Å²) in [4.78, 5) is 26.7. The van der Waals surface area contributed by atoms with E-state index in [1.165, 1.54) is 11.0 Å². The molecule has 0 bridgehead atoms. The second-order valence-corrected chi connectivity index (χ2v) is 5.65. The maximum Gasteiger partial charge on any atom is 0.229 e. The van der Waals surface area contributed by atoms with Crippen molar-refractivity contribution in [1.29, 1.82) is 0 Å². The van der Waals surface area contributed by atoms with Crippen molar-refractivity contribution >= 4 is 17.4 Å². The van der Waals surface area contributed by atoms with Gasteiger partial charge in [0.2, 0.25) is 5.91 Å². The van der Waals surface area contributed by atoms with E-state index in [0.29, 0.717) is 13.0 Å². The SMILES string of the molecule is O=C1CCCC[C@@H]1N(C(=O)CCn1cnnn1)c1ccccc1. The summed E-state index contributed by atoms with van der Waals surface area (Å²) in [6.45, 7) is 0.399. The molecule has 7 nitrogen and oxygen atoms in total. The van der Waals surface area contributed by atoms with Crippen molar-refractivity contribution < 1.29 is 9.59 Å². The number of Topliss-reactive ketones (excluding diaryl/α,β-unsaturated/α-hetero) is 1. The molecular weight excluding hydrogens is 294 g/mol. The number of ketones is 1. The number of para-hydroxylation sites is 1. The zero-order chi connectivity index (χ0) is 16.1. The summed E-state index contributed by atoms with van der Waals surface area (Å²) in [5.74, 6) is 0.0721. The number of aromatic nitrogens is 4. The van der Waals surface area contributed by atoms with E-state index < -0.39 is 0 Å². The Hall–Kier alpha value is -2.57. The van der Waals surface area contributed by atoms with Gasteiger partial charge in [-0.3, -0.25) is 9.59 Å². The highest BCUT2D eigenvalue weighted by molar-refractivity contribution is 6.01. The van der Waals surface area contributed by atoms with Crippen LogP contribution in [0.25, 0.3) is 0 Å². The van der Waals surface area contributed by atoms with E-state index in [0.717, 1.165) is 24.9 Å². The lowest BCUT2D eigenvalue weighted by molar-refractivity contribution is -0.126. The number of nitrogens with zero attached hydrogens (tertiary/aromatic N) is 5. The summed E-state index contributed by atoms with van der Waals surface area (Å²) in [5.41, 5.74) is 0.773. The van der Waals surface area contributed by atoms with Gasteiger partial charge in [0.1, 0.15) is 6.33 Å².